The van der Waals surface area contributed by atoms with Gasteiger partial charge in [-0.1, -0.05) is 28.1 Å². The van der Waals surface area contributed by atoms with Crippen molar-refractivity contribution < 1.29 is 14.8 Å². The van der Waals surface area contributed by atoms with Crippen molar-refractivity contribution >= 4 is 56.2 Å². The average molecular weight is 448 g/mol. The Balaban J connectivity index is 1.96. The van der Waals surface area contributed by atoms with Gasteiger partial charge in [0.2, 0.25) is 5.75 Å². The fraction of sp³-hybridized carbons (Fsp3) is 0.111. The molecule has 0 radical (unpaired) electrons. The molecule has 7 nitrogen and oxygen atoms in total. The molecule has 0 spiro atoms. The van der Waals surface area contributed by atoms with Crippen molar-refractivity contribution in [1.29, 1.82) is 0 Å². The van der Waals surface area contributed by atoms with E-state index in [1.807, 2.05) is 32.0 Å². The molecule has 2 N–H and O–H groups in total. The van der Waals surface area contributed by atoms with Crippen molar-refractivity contribution in [3.8, 4) is 5.75 Å². The Kier molecular flexibility index (Phi) is 5.33. The number of thioether (sulfide) groups is 1. The first-order chi connectivity index (χ1) is 12.7. The van der Waals surface area contributed by atoms with Gasteiger partial charge in [0, 0.05) is 16.1 Å². The monoisotopic (exact) mass is 447 g/mol. The number of nitro groups is 1. The Morgan fingerprint density at radius 3 is 2.74 bits per heavy atom. The fourth-order valence-electron chi connectivity index (χ4n) is 2.43. The van der Waals surface area contributed by atoms with Gasteiger partial charge in [-0.05, 0) is 54.9 Å². The molecule has 9 heteroatoms. The number of benzene rings is 2. The number of nitrogens with one attached hydrogen (secondary N) is 1. The number of nitrogens with zero attached hydrogens (tertiary/aromatic N) is 2. The van der Waals surface area contributed by atoms with Crippen LogP contribution in [0.1, 0.15) is 16.7 Å². The molecule has 1 aliphatic rings. The Bertz CT molecular complexity index is 1030. The van der Waals surface area contributed by atoms with E-state index >= 15 is 0 Å². The van der Waals surface area contributed by atoms with Crippen LogP contribution in [0.5, 0.6) is 5.75 Å². The quantitative estimate of drug-likeness (QED) is 0.407. The number of aryl methyl sites for hydroxylation is 2. The van der Waals surface area contributed by atoms with E-state index in [0.29, 0.717) is 9.64 Å². The molecule has 1 aliphatic heterocycles. The van der Waals surface area contributed by atoms with E-state index < -0.39 is 16.4 Å². The van der Waals surface area contributed by atoms with Crippen LogP contribution in [0.25, 0.3) is 6.08 Å². The van der Waals surface area contributed by atoms with E-state index in [0.717, 1.165) is 28.6 Å². The van der Waals surface area contributed by atoms with Crippen LogP contribution < -0.4 is 5.32 Å². The number of nitro benzene ring substituents is 1. The number of amides is 1. The Morgan fingerprint density at radius 1 is 1.30 bits per heavy atom. The second kappa shape index (κ2) is 7.53. The van der Waals surface area contributed by atoms with Crippen molar-refractivity contribution in [2.75, 3.05) is 0 Å². The minimum absolute atomic E-state index is 0.168. The molecule has 0 bridgehead atoms. The smallest absolute Gasteiger partial charge is 0.312 e. The average Bonchev–Trinajstić information content (AvgIpc) is 2.93. The minimum atomic E-state index is -0.683. The number of carbonyl (C=O) groups excluding carboxylic acids is 1. The predicted molar refractivity (Wildman–Crippen MR) is 109 cm³/mol. The van der Waals surface area contributed by atoms with Gasteiger partial charge in [-0.3, -0.25) is 14.9 Å². The van der Waals surface area contributed by atoms with E-state index in [1.165, 1.54) is 18.2 Å². The van der Waals surface area contributed by atoms with Crippen molar-refractivity contribution in [1.82, 2.24) is 5.32 Å². The summed E-state index contributed by atoms with van der Waals surface area (Å²) in [5.74, 6) is -0.880. The number of phenolic OH excluding ortho intramolecular Hbond substituents is 1. The maximum absolute atomic E-state index is 12.2. The number of hydrogen-bond donors (Lipinski definition) is 2. The van der Waals surface area contributed by atoms with E-state index in [-0.39, 0.29) is 16.4 Å². The summed E-state index contributed by atoms with van der Waals surface area (Å²) < 4.78 is 0.423. The topological polar surface area (TPSA) is 105 Å². The maximum Gasteiger partial charge on any atom is 0.312 e. The highest BCUT2D eigenvalue weighted by Gasteiger charge is 2.26. The molecule has 0 atom stereocenters. The van der Waals surface area contributed by atoms with Crippen LogP contribution in [-0.4, -0.2) is 21.1 Å². The van der Waals surface area contributed by atoms with Crippen molar-refractivity contribution in [3.05, 3.63) is 66.5 Å². The second-order valence-electron chi connectivity index (χ2n) is 5.89. The molecule has 2 aromatic rings. The molecule has 1 heterocycles. The highest BCUT2D eigenvalue weighted by Crippen LogP contribution is 2.37. The Hall–Kier alpha value is -2.65. The molecule has 0 unspecified atom stereocenters. The van der Waals surface area contributed by atoms with Gasteiger partial charge in [-0.15, -0.1) is 0 Å². The summed E-state index contributed by atoms with van der Waals surface area (Å²) in [4.78, 5) is 27.4. The first-order valence-electron chi connectivity index (χ1n) is 7.78. The SMILES string of the molecule is Cc1ccc(C)c(N=C2NC(=O)/C(=C/c3cc(Br)cc([N+](=O)[O-])c3O)S2)c1. The normalized spacial score (nSPS) is 16.8. The Morgan fingerprint density at radius 2 is 2.04 bits per heavy atom. The van der Waals surface area contributed by atoms with Gasteiger partial charge in [-0.2, -0.15) is 0 Å². The zero-order valence-electron chi connectivity index (χ0n) is 14.3. The van der Waals surface area contributed by atoms with Gasteiger partial charge < -0.3 is 10.4 Å². The summed E-state index contributed by atoms with van der Waals surface area (Å²) in [5.41, 5.74) is 2.50. The molecule has 1 saturated heterocycles. The molecule has 2 aromatic carbocycles. The lowest BCUT2D eigenvalue weighted by molar-refractivity contribution is -0.385. The van der Waals surface area contributed by atoms with Crippen LogP contribution in [0.2, 0.25) is 0 Å². The second-order valence-corrected chi connectivity index (χ2v) is 7.84. The van der Waals surface area contributed by atoms with E-state index in [4.69, 9.17) is 0 Å². The highest BCUT2D eigenvalue weighted by atomic mass is 79.9. The number of halogens is 1. The summed E-state index contributed by atoms with van der Waals surface area (Å²) >= 11 is 4.28. The van der Waals surface area contributed by atoms with Gasteiger partial charge >= 0.3 is 5.69 Å². The Labute approximate surface area is 167 Å². The number of phenols is 1. The lowest BCUT2D eigenvalue weighted by Crippen LogP contribution is -2.19. The standard InChI is InChI=1S/C18H14BrN3O4S/c1-9-3-4-10(2)13(5-9)20-18-21-17(24)15(27-18)7-11-6-12(19)8-14(16(11)23)22(25)26/h3-8,23H,1-2H3,(H,20,21,24)/b15-7-. The van der Waals surface area contributed by atoms with E-state index in [1.54, 1.807) is 0 Å². The van der Waals surface area contributed by atoms with Crippen molar-refractivity contribution in [3.63, 3.8) is 0 Å². The maximum atomic E-state index is 12.2. The third-order valence-electron chi connectivity index (χ3n) is 3.80. The van der Waals surface area contributed by atoms with Crippen molar-refractivity contribution in [2.24, 2.45) is 4.99 Å². The zero-order chi connectivity index (χ0) is 19.7. The number of aliphatic imine (C=N–C) groups is 1. The first kappa shape index (κ1) is 19.1. The lowest BCUT2D eigenvalue weighted by atomic mass is 10.1. The minimum Gasteiger partial charge on any atom is -0.502 e. The fourth-order valence-corrected chi connectivity index (χ4v) is 3.71. The number of hydrogen-bond acceptors (Lipinski definition) is 6. The van der Waals surface area contributed by atoms with Crippen LogP contribution in [0.4, 0.5) is 11.4 Å². The van der Waals surface area contributed by atoms with Gasteiger partial charge in [0.1, 0.15) is 0 Å². The number of rotatable bonds is 3. The van der Waals surface area contributed by atoms with Crippen LogP contribution in [-0.2, 0) is 4.79 Å². The molecule has 1 amide bonds. The largest absolute Gasteiger partial charge is 0.502 e. The highest BCUT2D eigenvalue weighted by molar-refractivity contribution is 9.10. The summed E-state index contributed by atoms with van der Waals surface area (Å²) in [6.45, 7) is 3.88. The first-order valence-corrected chi connectivity index (χ1v) is 9.39. The number of aromatic hydroxyl groups is 1. The molecule has 0 saturated carbocycles. The van der Waals surface area contributed by atoms with Gasteiger partial charge in [0.05, 0.1) is 15.5 Å². The third kappa shape index (κ3) is 4.20. The predicted octanol–water partition coefficient (Wildman–Crippen LogP) is 4.57. The molecular formula is C18H14BrN3O4S. The van der Waals surface area contributed by atoms with E-state index in [9.17, 15) is 20.0 Å². The summed E-state index contributed by atoms with van der Waals surface area (Å²) in [6.07, 6.45) is 1.40. The number of carbonyl (C=O) groups is 1. The van der Waals surface area contributed by atoms with Crippen LogP contribution in [0, 0.1) is 24.0 Å². The molecule has 3 rings (SSSR count). The van der Waals surface area contributed by atoms with Crippen LogP contribution in [0.15, 0.2) is 44.7 Å². The molecule has 138 valence electrons. The third-order valence-corrected chi connectivity index (χ3v) is 5.17. The molecule has 0 aliphatic carbocycles. The summed E-state index contributed by atoms with van der Waals surface area (Å²) in [7, 11) is 0. The van der Waals surface area contributed by atoms with Gasteiger partial charge in [-0.25, -0.2) is 4.99 Å². The summed E-state index contributed by atoms with van der Waals surface area (Å²) in [6, 6.07) is 8.55. The molecule has 0 aromatic heterocycles. The summed E-state index contributed by atoms with van der Waals surface area (Å²) in [5, 5.41) is 24.2. The van der Waals surface area contributed by atoms with Crippen molar-refractivity contribution in [2.45, 2.75) is 13.8 Å². The molecule has 27 heavy (non-hydrogen) atoms. The van der Waals surface area contributed by atoms with Gasteiger partial charge in [0.15, 0.2) is 5.17 Å². The number of amidine groups is 1. The van der Waals surface area contributed by atoms with E-state index in [2.05, 4.69) is 26.2 Å². The zero-order valence-corrected chi connectivity index (χ0v) is 16.7. The van der Waals surface area contributed by atoms with Gasteiger partial charge in [0.25, 0.3) is 5.91 Å². The van der Waals surface area contributed by atoms with Crippen LogP contribution in [0.3, 0.4) is 0 Å². The lowest BCUT2D eigenvalue weighted by Gasteiger charge is -2.03. The van der Waals surface area contributed by atoms with Crippen LogP contribution >= 0.6 is 27.7 Å². The molecule has 1 fully saturated rings. The molecular weight excluding hydrogens is 434 g/mol.